The summed E-state index contributed by atoms with van der Waals surface area (Å²) in [5.74, 6) is 5.02. The number of rotatable bonds is 26. The second-order valence-corrected chi connectivity index (χ2v) is 13.1. The van der Waals surface area contributed by atoms with Gasteiger partial charge in [-0.25, -0.2) is 0 Å². The van der Waals surface area contributed by atoms with Gasteiger partial charge in [-0.1, -0.05) is 142 Å². The minimum Gasteiger partial charge on any atom is -0.507 e. The van der Waals surface area contributed by atoms with Crippen LogP contribution in [0.15, 0.2) is 12.1 Å². The minimum absolute atomic E-state index is 0.522. The molecule has 0 aliphatic carbocycles. The van der Waals surface area contributed by atoms with Crippen LogP contribution in [0.3, 0.4) is 0 Å². The molecule has 0 unspecified atom stereocenters. The lowest BCUT2D eigenvalue weighted by atomic mass is 10.1. The van der Waals surface area contributed by atoms with Gasteiger partial charge in [0, 0.05) is 17.1 Å². The number of aromatic hydroxyl groups is 1. The minimum atomic E-state index is 0.522. The highest BCUT2D eigenvalue weighted by Gasteiger charge is 2.08. The van der Waals surface area contributed by atoms with Crippen LogP contribution in [-0.2, 0) is 11.5 Å². The van der Waals surface area contributed by atoms with Crippen LogP contribution >= 0.6 is 23.5 Å². The molecule has 0 radical (unpaired) electrons. The SMILES string of the molecule is CCCCCCCCCCCCSCc1cc(C)c(O)c(CSCCCCCCCCCCCC)c1. The third-order valence-corrected chi connectivity index (χ3v) is 9.46. The topological polar surface area (TPSA) is 20.2 Å². The van der Waals surface area contributed by atoms with Gasteiger partial charge in [-0.15, -0.1) is 0 Å². The predicted molar refractivity (Wildman–Crippen MR) is 169 cm³/mol. The largest absolute Gasteiger partial charge is 0.507 e. The molecule has 1 nitrogen and oxygen atoms in total. The molecule has 0 spiro atoms. The molecule has 0 saturated heterocycles. The van der Waals surface area contributed by atoms with Gasteiger partial charge < -0.3 is 5.11 Å². The highest BCUT2D eigenvalue weighted by molar-refractivity contribution is 7.98. The fraction of sp³-hybridized carbons (Fsp3) is 0.818. The standard InChI is InChI=1S/C33H60OS2/c1-4-6-8-10-12-14-16-18-20-22-24-35-28-31-26-30(3)33(34)32(27-31)29-36-25-23-21-19-17-15-13-11-9-7-5-2/h26-27,34H,4-25,28-29H2,1-3H3. The molecule has 0 amide bonds. The summed E-state index contributed by atoms with van der Waals surface area (Å²) in [4.78, 5) is 0. The van der Waals surface area contributed by atoms with E-state index in [1.165, 1.54) is 145 Å². The summed E-state index contributed by atoms with van der Waals surface area (Å²) in [6.45, 7) is 6.64. The summed E-state index contributed by atoms with van der Waals surface area (Å²) in [6.07, 6.45) is 28.0. The Kier molecular flexibility index (Phi) is 23.5. The van der Waals surface area contributed by atoms with Crippen LogP contribution in [0, 0.1) is 6.92 Å². The van der Waals surface area contributed by atoms with Crippen molar-refractivity contribution in [1.29, 1.82) is 0 Å². The Labute approximate surface area is 234 Å². The first-order valence-corrected chi connectivity index (χ1v) is 18.0. The van der Waals surface area contributed by atoms with Gasteiger partial charge >= 0.3 is 0 Å². The van der Waals surface area contributed by atoms with Gasteiger partial charge in [0.1, 0.15) is 5.75 Å². The second kappa shape index (κ2) is 25.0. The molecule has 0 heterocycles. The van der Waals surface area contributed by atoms with Gasteiger partial charge in [-0.05, 0) is 42.4 Å². The molecule has 0 aliphatic heterocycles. The van der Waals surface area contributed by atoms with Crippen molar-refractivity contribution < 1.29 is 5.11 Å². The maximum absolute atomic E-state index is 10.6. The monoisotopic (exact) mass is 536 g/mol. The molecular formula is C33H60OS2. The summed E-state index contributed by atoms with van der Waals surface area (Å²) < 4.78 is 0. The molecule has 210 valence electrons. The average molecular weight is 537 g/mol. The van der Waals surface area contributed by atoms with Crippen LogP contribution in [0.25, 0.3) is 0 Å². The van der Waals surface area contributed by atoms with Crippen molar-refractivity contribution in [3.8, 4) is 5.75 Å². The highest BCUT2D eigenvalue weighted by Crippen LogP contribution is 2.30. The molecule has 3 heteroatoms. The van der Waals surface area contributed by atoms with E-state index in [0.29, 0.717) is 5.75 Å². The van der Waals surface area contributed by atoms with Crippen molar-refractivity contribution >= 4 is 23.5 Å². The lowest BCUT2D eigenvalue weighted by Crippen LogP contribution is -1.92. The van der Waals surface area contributed by atoms with E-state index in [9.17, 15) is 5.11 Å². The molecule has 1 rings (SSSR count). The van der Waals surface area contributed by atoms with Gasteiger partial charge in [0.15, 0.2) is 0 Å². The number of hydrogen-bond donors (Lipinski definition) is 1. The number of unbranched alkanes of at least 4 members (excludes halogenated alkanes) is 18. The zero-order chi connectivity index (χ0) is 26.1. The first-order valence-electron chi connectivity index (χ1n) is 15.7. The summed E-state index contributed by atoms with van der Waals surface area (Å²) in [5, 5.41) is 10.6. The van der Waals surface area contributed by atoms with Crippen molar-refractivity contribution in [2.24, 2.45) is 0 Å². The zero-order valence-corrected chi connectivity index (χ0v) is 26.0. The normalized spacial score (nSPS) is 11.4. The smallest absolute Gasteiger partial charge is 0.122 e. The van der Waals surface area contributed by atoms with Gasteiger partial charge in [-0.3, -0.25) is 0 Å². The number of phenolic OH excluding ortho intramolecular Hbond substituents is 1. The van der Waals surface area contributed by atoms with Crippen LogP contribution in [0.1, 0.15) is 159 Å². The molecule has 1 aromatic carbocycles. The average Bonchev–Trinajstić information content (AvgIpc) is 2.88. The Morgan fingerprint density at radius 1 is 0.528 bits per heavy atom. The van der Waals surface area contributed by atoms with Gasteiger partial charge in [0.2, 0.25) is 0 Å². The summed E-state index contributed by atoms with van der Waals surface area (Å²) in [7, 11) is 0. The number of phenols is 1. The number of aryl methyl sites for hydroxylation is 1. The van der Waals surface area contributed by atoms with Crippen molar-refractivity contribution in [2.75, 3.05) is 11.5 Å². The van der Waals surface area contributed by atoms with Crippen molar-refractivity contribution in [1.82, 2.24) is 0 Å². The van der Waals surface area contributed by atoms with Gasteiger partial charge in [-0.2, -0.15) is 23.5 Å². The highest BCUT2D eigenvalue weighted by atomic mass is 32.2. The first-order chi connectivity index (χ1) is 17.7. The van der Waals surface area contributed by atoms with Gasteiger partial charge in [0.25, 0.3) is 0 Å². The van der Waals surface area contributed by atoms with E-state index in [2.05, 4.69) is 44.7 Å². The Morgan fingerprint density at radius 3 is 1.36 bits per heavy atom. The number of thioether (sulfide) groups is 2. The van der Waals surface area contributed by atoms with Crippen LogP contribution in [0.2, 0.25) is 0 Å². The summed E-state index contributed by atoms with van der Waals surface area (Å²) in [5.41, 5.74) is 3.57. The molecule has 1 aromatic rings. The maximum atomic E-state index is 10.6. The molecule has 0 atom stereocenters. The maximum Gasteiger partial charge on any atom is 0.122 e. The third kappa shape index (κ3) is 18.9. The van der Waals surface area contributed by atoms with E-state index in [4.69, 9.17) is 0 Å². The Balaban J connectivity index is 2.08. The molecule has 0 aliphatic rings. The fourth-order valence-electron chi connectivity index (χ4n) is 4.88. The fourth-order valence-corrected chi connectivity index (χ4v) is 6.83. The Bertz CT molecular complexity index is 616. The van der Waals surface area contributed by atoms with E-state index < -0.39 is 0 Å². The predicted octanol–water partition coefficient (Wildman–Crippen LogP) is 12.0. The summed E-state index contributed by atoms with van der Waals surface area (Å²) in [6, 6.07) is 4.46. The van der Waals surface area contributed by atoms with Crippen LogP contribution in [0.4, 0.5) is 0 Å². The van der Waals surface area contributed by atoms with E-state index in [1.54, 1.807) is 0 Å². The number of hydrogen-bond acceptors (Lipinski definition) is 3. The third-order valence-electron chi connectivity index (χ3n) is 7.25. The van der Waals surface area contributed by atoms with Crippen molar-refractivity contribution in [2.45, 2.75) is 161 Å². The van der Waals surface area contributed by atoms with Crippen LogP contribution < -0.4 is 0 Å². The number of benzene rings is 1. The summed E-state index contributed by atoms with van der Waals surface area (Å²) >= 11 is 4.06. The van der Waals surface area contributed by atoms with Crippen LogP contribution in [0.5, 0.6) is 5.75 Å². The molecule has 1 N–H and O–H groups in total. The van der Waals surface area contributed by atoms with Crippen molar-refractivity contribution in [3.63, 3.8) is 0 Å². The van der Waals surface area contributed by atoms with E-state index in [-0.39, 0.29) is 0 Å². The zero-order valence-electron chi connectivity index (χ0n) is 24.4. The molecule has 36 heavy (non-hydrogen) atoms. The Morgan fingerprint density at radius 2 is 0.917 bits per heavy atom. The van der Waals surface area contributed by atoms with Crippen molar-refractivity contribution in [3.05, 3.63) is 28.8 Å². The lowest BCUT2D eigenvalue weighted by Gasteiger charge is -2.11. The van der Waals surface area contributed by atoms with E-state index in [1.807, 2.05) is 11.8 Å². The van der Waals surface area contributed by atoms with Crippen LogP contribution in [-0.4, -0.2) is 16.6 Å². The van der Waals surface area contributed by atoms with E-state index >= 15 is 0 Å². The molecule has 0 aromatic heterocycles. The first kappa shape index (κ1) is 33.7. The molecule has 0 bridgehead atoms. The van der Waals surface area contributed by atoms with Gasteiger partial charge in [0.05, 0.1) is 0 Å². The lowest BCUT2D eigenvalue weighted by molar-refractivity contribution is 0.466. The van der Waals surface area contributed by atoms with E-state index in [0.717, 1.165) is 22.6 Å². The second-order valence-electron chi connectivity index (χ2n) is 10.9. The molecular weight excluding hydrogens is 476 g/mol. The molecule has 0 fully saturated rings. The Hall–Kier alpha value is -0.280. The quantitative estimate of drug-likeness (QED) is 0.119. The molecule has 0 saturated carbocycles.